The van der Waals surface area contributed by atoms with Gasteiger partial charge in [0.1, 0.15) is 5.82 Å². The van der Waals surface area contributed by atoms with E-state index in [0.717, 1.165) is 18.2 Å². The van der Waals surface area contributed by atoms with E-state index in [2.05, 4.69) is 4.74 Å². The second kappa shape index (κ2) is 7.02. The lowest BCUT2D eigenvalue weighted by molar-refractivity contribution is -0.140. The number of benzene rings is 1. The van der Waals surface area contributed by atoms with Crippen molar-refractivity contribution in [2.24, 2.45) is 0 Å². The number of methoxy groups -OCH3 is 1. The lowest BCUT2D eigenvalue weighted by Gasteiger charge is -2.10. The van der Waals surface area contributed by atoms with Crippen LogP contribution in [0.4, 0.5) is 10.1 Å². The van der Waals surface area contributed by atoms with E-state index in [4.69, 9.17) is 5.11 Å². The van der Waals surface area contributed by atoms with Gasteiger partial charge in [0.05, 0.1) is 24.1 Å². The maximum atomic E-state index is 13.1. The smallest absolute Gasteiger partial charge is 0.337 e. The Bertz CT molecular complexity index is 643. The second-order valence-electron chi connectivity index (χ2n) is 4.10. The highest BCUT2D eigenvalue weighted by atomic mass is 32.2. The summed E-state index contributed by atoms with van der Waals surface area (Å²) in [6, 6.07) is 2.66. The number of hydrogen-bond acceptors (Lipinski definition) is 5. The molecule has 7 nitrogen and oxygen atoms in total. The molecular formula is C12H14FNO6S. The molecule has 0 saturated carbocycles. The summed E-state index contributed by atoms with van der Waals surface area (Å²) >= 11 is 0. The third kappa shape index (κ3) is 5.38. The molecule has 0 spiro atoms. The molecule has 0 radical (unpaired) electrons. The predicted molar refractivity (Wildman–Crippen MR) is 72.0 cm³/mol. The molecule has 9 heteroatoms. The molecule has 0 aliphatic rings. The van der Waals surface area contributed by atoms with Gasteiger partial charge in [-0.15, -0.1) is 0 Å². The number of carboxylic acids is 1. The number of carbonyl (C=O) groups is 2. The summed E-state index contributed by atoms with van der Waals surface area (Å²) in [5, 5.41) is 8.92. The van der Waals surface area contributed by atoms with E-state index in [9.17, 15) is 22.4 Å². The molecule has 21 heavy (non-hydrogen) atoms. The Balaban J connectivity index is 2.82. The minimum atomic E-state index is -3.90. The highest BCUT2D eigenvalue weighted by Gasteiger charge is 2.17. The molecule has 1 aromatic rings. The summed E-state index contributed by atoms with van der Waals surface area (Å²) in [5.74, 6) is -3.13. The molecule has 116 valence electrons. The van der Waals surface area contributed by atoms with E-state index < -0.39 is 33.5 Å². The summed E-state index contributed by atoms with van der Waals surface area (Å²) in [7, 11) is -2.72. The molecule has 0 atom stereocenters. The first-order valence-corrected chi connectivity index (χ1v) is 7.50. The Morgan fingerprint density at radius 1 is 1.38 bits per heavy atom. The fourth-order valence-corrected chi connectivity index (χ4v) is 2.64. The van der Waals surface area contributed by atoms with Crippen LogP contribution in [0.2, 0.25) is 0 Å². The van der Waals surface area contributed by atoms with E-state index in [-0.39, 0.29) is 24.1 Å². The van der Waals surface area contributed by atoms with Crippen LogP contribution in [0.5, 0.6) is 0 Å². The number of carboxylic acid groups (broad SMARTS) is 1. The highest BCUT2D eigenvalue weighted by Crippen LogP contribution is 2.19. The zero-order valence-corrected chi connectivity index (χ0v) is 11.9. The monoisotopic (exact) mass is 319 g/mol. The van der Waals surface area contributed by atoms with Crippen LogP contribution in [0.25, 0.3) is 0 Å². The fraction of sp³-hybridized carbons (Fsp3) is 0.333. The van der Waals surface area contributed by atoms with Crippen LogP contribution in [0.15, 0.2) is 18.2 Å². The van der Waals surface area contributed by atoms with Crippen LogP contribution in [0.3, 0.4) is 0 Å². The van der Waals surface area contributed by atoms with Gasteiger partial charge < -0.3 is 9.84 Å². The van der Waals surface area contributed by atoms with E-state index >= 15 is 0 Å². The fourth-order valence-electron chi connectivity index (χ4n) is 1.51. The standard InChI is InChI=1S/C12H14FNO6S/c1-20-11(15)3-2-6-21(18,19)14-10-7-8(13)4-5-9(10)12(16)17/h4-5,7,14H,2-3,6H2,1H3,(H,16,17). The van der Waals surface area contributed by atoms with Gasteiger partial charge in [-0.3, -0.25) is 9.52 Å². The molecule has 0 heterocycles. The summed E-state index contributed by atoms with van der Waals surface area (Å²) in [5.41, 5.74) is -0.728. The first-order chi connectivity index (χ1) is 9.75. The van der Waals surface area contributed by atoms with Gasteiger partial charge >= 0.3 is 11.9 Å². The number of ether oxygens (including phenoxy) is 1. The molecule has 1 rings (SSSR count). The molecule has 0 unspecified atom stereocenters. The van der Waals surface area contributed by atoms with Crippen LogP contribution < -0.4 is 4.72 Å². The third-order valence-corrected chi connectivity index (χ3v) is 3.86. The number of carbonyl (C=O) groups excluding carboxylic acids is 1. The Morgan fingerprint density at radius 3 is 2.62 bits per heavy atom. The van der Waals surface area contributed by atoms with Gasteiger partial charge in [-0.1, -0.05) is 0 Å². The molecule has 0 amide bonds. The zero-order valence-electron chi connectivity index (χ0n) is 11.1. The average Bonchev–Trinajstić information content (AvgIpc) is 2.37. The van der Waals surface area contributed by atoms with Crippen molar-refractivity contribution in [2.45, 2.75) is 12.8 Å². The molecule has 0 fully saturated rings. The van der Waals surface area contributed by atoms with Crippen molar-refractivity contribution in [3.8, 4) is 0 Å². The SMILES string of the molecule is COC(=O)CCCS(=O)(=O)Nc1cc(F)ccc1C(=O)O. The third-order valence-electron chi connectivity index (χ3n) is 2.50. The number of nitrogens with one attached hydrogen (secondary N) is 1. The molecule has 0 saturated heterocycles. The van der Waals surface area contributed by atoms with Crippen molar-refractivity contribution in [2.75, 3.05) is 17.6 Å². The van der Waals surface area contributed by atoms with E-state index in [1.807, 2.05) is 4.72 Å². The average molecular weight is 319 g/mol. The maximum Gasteiger partial charge on any atom is 0.337 e. The zero-order chi connectivity index (χ0) is 16.0. The van der Waals surface area contributed by atoms with Gasteiger partial charge in [-0.2, -0.15) is 0 Å². The van der Waals surface area contributed by atoms with Crippen LogP contribution in [-0.4, -0.2) is 38.3 Å². The number of halogens is 1. The molecule has 0 aromatic heterocycles. The van der Waals surface area contributed by atoms with E-state index in [1.54, 1.807) is 0 Å². The predicted octanol–water partition coefficient (Wildman–Crippen LogP) is 1.22. The van der Waals surface area contributed by atoms with Crippen molar-refractivity contribution in [3.63, 3.8) is 0 Å². The van der Waals surface area contributed by atoms with E-state index in [1.165, 1.54) is 7.11 Å². The quantitative estimate of drug-likeness (QED) is 0.731. The number of rotatable bonds is 7. The Hall–Kier alpha value is -2.16. The summed E-state index contributed by atoms with van der Waals surface area (Å²) in [6.07, 6.45) is -0.0912. The first kappa shape index (κ1) is 16.9. The van der Waals surface area contributed by atoms with Crippen molar-refractivity contribution < 1.29 is 32.2 Å². The van der Waals surface area contributed by atoms with Crippen LogP contribution in [0, 0.1) is 5.82 Å². The van der Waals surface area contributed by atoms with Gasteiger partial charge in [0.15, 0.2) is 0 Å². The van der Waals surface area contributed by atoms with Gasteiger partial charge in [0.25, 0.3) is 0 Å². The largest absolute Gasteiger partial charge is 0.478 e. The minimum absolute atomic E-state index is 0.000271. The van der Waals surface area contributed by atoms with Crippen molar-refractivity contribution in [3.05, 3.63) is 29.6 Å². The Morgan fingerprint density at radius 2 is 2.05 bits per heavy atom. The molecule has 2 N–H and O–H groups in total. The van der Waals surface area contributed by atoms with Gasteiger partial charge in [0, 0.05) is 6.42 Å². The molecule has 0 aliphatic carbocycles. The Kier molecular flexibility index (Phi) is 5.65. The highest BCUT2D eigenvalue weighted by molar-refractivity contribution is 7.92. The van der Waals surface area contributed by atoms with Gasteiger partial charge in [-0.05, 0) is 24.6 Å². The molecule has 1 aromatic carbocycles. The lowest BCUT2D eigenvalue weighted by atomic mass is 10.2. The van der Waals surface area contributed by atoms with Gasteiger partial charge in [-0.25, -0.2) is 17.6 Å². The van der Waals surface area contributed by atoms with Crippen LogP contribution in [-0.2, 0) is 19.6 Å². The van der Waals surface area contributed by atoms with E-state index in [0.29, 0.717) is 0 Å². The summed E-state index contributed by atoms with van der Waals surface area (Å²) < 4.78 is 43.0. The number of hydrogen-bond donors (Lipinski definition) is 2. The first-order valence-electron chi connectivity index (χ1n) is 5.85. The summed E-state index contributed by atoms with van der Waals surface area (Å²) in [6.45, 7) is 0. The normalized spacial score (nSPS) is 11.0. The number of sulfonamides is 1. The molecular weight excluding hydrogens is 305 g/mol. The molecule has 0 bridgehead atoms. The number of anilines is 1. The molecule has 0 aliphatic heterocycles. The van der Waals surface area contributed by atoms with Crippen molar-refractivity contribution in [1.29, 1.82) is 0 Å². The number of aromatic carboxylic acids is 1. The van der Waals surface area contributed by atoms with Gasteiger partial charge in [0.2, 0.25) is 10.0 Å². The Labute approximate surface area is 120 Å². The maximum absolute atomic E-state index is 13.1. The van der Waals surface area contributed by atoms with Crippen LogP contribution in [0.1, 0.15) is 23.2 Å². The van der Waals surface area contributed by atoms with Crippen LogP contribution >= 0.6 is 0 Å². The topological polar surface area (TPSA) is 110 Å². The second-order valence-corrected chi connectivity index (χ2v) is 5.94. The number of esters is 1. The van der Waals surface area contributed by atoms with Crippen molar-refractivity contribution in [1.82, 2.24) is 0 Å². The van der Waals surface area contributed by atoms with Crippen molar-refractivity contribution >= 4 is 27.6 Å². The summed E-state index contributed by atoms with van der Waals surface area (Å²) in [4.78, 5) is 21.8. The minimum Gasteiger partial charge on any atom is -0.478 e. The lowest BCUT2D eigenvalue weighted by Crippen LogP contribution is -2.19.